The maximum Gasteiger partial charge on any atom is 0.270 e. The van der Waals surface area contributed by atoms with Crippen molar-refractivity contribution in [2.24, 2.45) is 17.8 Å². The van der Waals surface area contributed by atoms with E-state index in [0.717, 1.165) is 25.7 Å². The van der Waals surface area contributed by atoms with E-state index in [2.05, 4.69) is 25.9 Å². The third-order valence-corrected chi connectivity index (χ3v) is 9.98. The molecule has 5 rings (SSSR count). The van der Waals surface area contributed by atoms with Gasteiger partial charge in [0, 0.05) is 44.2 Å². The first-order chi connectivity index (χ1) is 22.5. The van der Waals surface area contributed by atoms with Gasteiger partial charge in [-0.05, 0) is 81.2 Å². The third kappa shape index (κ3) is 8.17. The molecule has 2 heterocycles. The monoisotopic (exact) mass is 655 g/mol. The average Bonchev–Trinajstić information content (AvgIpc) is 4.00. The van der Waals surface area contributed by atoms with E-state index in [1.807, 2.05) is 14.0 Å². The zero-order chi connectivity index (χ0) is 33.8. The highest BCUT2D eigenvalue weighted by Crippen LogP contribution is 2.51. The number of amides is 4. The van der Waals surface area contributed by atoms with Crippen molar-refractivity contribution in [2.75, 3.05) is 38.7 Å². The smallest absolute Gasteiger partial charge is 0.270 e. The molecule has 2 aromatic rings. The lowest BCUT2D eigenvalue weighted by molar-refractivity contribution is -0.139. The van der Waals surface area contributed by atoms with Crippen molar-refractivity contribution in [2.45, 2.75) is 83.5 Å². The summed E-state index contributed by atoms with van der Waals surface area (Å²) in [5, 5.41) is 12.4. The van der Waals surface area contributed by atoms with Gasteiger partial charge in [-0.25, -0.2) is 8.78 Å². The van der Waals surface area contributed by atoms with Crippen LogP contribution in [0.3, 0.4) is 0 Å². The number of hydrogen-bond donors (Lipinski definition) is 3. The number of carbonyl (C=O) groups excluding carboxylic acids is 4. The van der Waals surface area contributed by atoms with Crippen LogP contribution in [0.2, 0.25) is 0 Å². The Morgan fingerprint density at radius 2 is 1.72 bits per heavy atom. The summed E-state index contributed by atoms with van der Waals surface area (Å²) in [5.74, 6) is -2.30. The van der Waals surface area contributed by atoms with Gasteiger partial charge in [0.2, 0.25) is 17.7 Å². The molecule has 11 nitrogen and oxygen atoms in total. The topological polar surface area (TPSA) is 129 Å². The van der Waals surface area contributed by atoms with Crippen molar-refractivity contribution in [3.05, 3.63) is 47.5 Å². The van der Waals surface area contributed by atoms with Crippen molar-refractivity contribution in [1.29, 1.82) is 0 Å². The summed E-state index contributed by atoms with van der Waals surface area (Å²) in [7, 11) is 2.01. The molecule has 3 fully saturated rings. The zero-order valence-electron chi connectivity index (χ0n) is 27.7. The van der Waals surface area contributed by atoms with Gasteiger partial charge < -0.3 is 25.8 Å². The van der Waals surface area contributed by atoms with Gasteiger partial charge in [-0.15, -0.1) is 0 Å². The Morgan fingerprint density at radius 1 is 1.02 bits per heavy atom. The number of aryl methyl sites for hydroxylation is 1. The minimum Gasteiger partial charge on any atom is -0.344 e. The lowest BCUT2D eigenvalue weighted by atomic mass is 9.88. The Balaban J connectivity index is 1.33. The number of likely N-dealkylation sites (N-methyl/N-ethyl adjacent to an activating group) is 1. The molecule has 2 aliphatic carbocycles. The quantitative estimate of drug-likeness (QED) is 0.287. The molecule has 1 aliphatic heterocycles. The highest BCUT2D eigenvalue weighted by Gasteiger charge is 2.48. The fourth-order valence-corrected chi connectivity index (χ4v) is 6.67. The van der Waals surface area contributed by atoms with E-state index in [0.29, 0.717) is 37.0 Å². The van der Waals surface area contributed by atoms with Gasteiger partial charge in [0.05, 0.1) is 12.2 Å². The molecule has 256 valence electrons. The Hall–Kier alpha value is -3.87. The summed E-state index contributed by atoms with van der Waals surface area (Å²) < 4.78 is 30.0. The first kappa shape index (κ1) is 34.5. The second-order valence-corrected chi connectivity index (χ2v) is 13.4. The second kappa shape index (κ2) is 14.9. The van der Waals surface area contributed by atoms with Crippen molar-refractivity contribution in [3.8, 4) is 0 Å². The van der Waals surface area contributed by atoms with E-state index in [-0.39, 0.29) is 48.1 Å². The molecule has 4 amide bonds. The van der Waals surface area contributed by atoms with Crippen LogP contribution in [0.5, 0.6) is 0 Å². The van der Waals surface area contributed by atoms with Gasteiger partial charge in [-0.2, -0.15) is 5.10 Å². The number of halogens is 2. The van der Waals surface area contributed by atoms with Crippen molar-refractivity contribution in [3.63, 3.8) is 0 Å². The van der Waals surface area contributed by atoms with Crippen LogP contribution in [0.15, 0.2) is 30.5 Å². The number of alkyl halides is 1. The Bertz CT molecular complexity index is 1450. The van der Waals surface area contributed by atoms with Crippen LogP contribution in [0.25, 0.3) is 0 Å². The number of nitrogens with one attached hydrogen (secondary N) is 3. The van der Waals surface area contributed by atoms with Gasteiger partial charge in [-0.3, -0.25) is 23.9 Å². The molecule has 2 saturated carbocycles. The molecule has 1 aromatic heterocycles. The van der Waals surface area contributed by atoms with E-state index in [1.165, 1.54) is 29.1 Å². The molecular formula is C34H47F2N7O4. The summed E-state index contributed by atoms with van der Waals surface area (Å²) in [6.45, 7) is 6.52. The highest BCUT2D eigenvalue weighted by molar-refractivity contribution is 6.01. The molecule has 0 spiro atoms. The highest BCUT2D eigenvalue weighted by atomic mass is 19.1. The lowest BCUT2D eigenvalue weighted by Gasteiger charge is -2.40. The fourth-order valence-electron chi connectivity index (χ4n) is 6.67. The summed E-state index contributed by atoms with van der Waals surface area (Å²) >= 11 is 0. The van der Waals surface area contributed by atoms with Gasteiger partial charge in [0.15, 0.2) is 0 Å². The number of benzene rings is 1. The molecule has 0 bridgehead atoms. The van der Waals surface area contributed by atoms with Crippen LogP contribution in [0, 0.1) is 23.6 Å². The van der Waals surface area contributed by atoms with Crippen LogP contribution >= 0.6 is 0 Å². The van der Waals surface area contributed by atoms with Crippen LogP contribution in [0.1, 0.15) is 74.8 Å². The number of piperazine rings is 1. The zero-order valence-corrected chi connectivity index (χ0v) is 27.7. The van der Waals surface area contributed by atoms with Gasteiger partial charge in [0.25, 0.3) is 5.91 Å². The van der Waals surface area contributed by atoms with Gasteiger partial charge in [-0.1, -0.05) is 19.9 Å². The normalized spacial score (nSPS) is 20.4. The number of rotatable bonds is 14. The average molecular weight is 656 g/mol. The van der Waals surface area contributed by atoms with E-state index in [9.17, 15) is 23.6 Å². The SMILES string of the molecule is CCC(=O)N[C@@H](C(=O)N1CCN(C)[C@H](C)C1)[C@@H](C)c1ccc(NC(=O)[C@@H](NC(=O)c2ccnn2CCF)C(C2CC2)C2CC2)c(F)c1. The largest absolute Gasteiger partial charge is 0.344 e. The van der Waals surface area contributed by atoms with E-state index in [1.54, 1.807) is 24.8 Å². The van der Waals surface area contributed by atoms with Crippen LogP contribution in [-0.4, -0.2) is 94.7 Å². The molecule has 3 aliphatic rings. The molecule has 1 aromatic carbocycles. The fraction of sp³-hybridized carbons (Fsp3) is 0.618. The number of hydrogen-bond acceptors (Lipinski definition) is 6. The maximum absolute atomic E-state index is 15.7. The van der Waals surface area contributed by atoms with E-state index in [4.69, 9.17) is 0 Å². The molecule has 13 heteroatoms. The maximum atomic E-state index is 15.7. The van der Waals surface area contributed by atoms with E-state index < -0.39 is 42.3 Å². The minimum absolute atomic E-state index is 0.0497. The summed E-state index contributed by atoms with van der Waals surface area (Å²) in [4.78, 5) is 57.2. The molecule has 0 unspecified atom stereocenters. The third-order valence-electron chi connectivity index (χ3n) is 9.98. The number of aromatic nitrogens is 2. The summed E-state index contributed by atoms with van der Waals surface area (Å²) in [6, 6.07) is 4.24. The second-order valence-electron chi connectivity index (χ2n) is 13.4. The number of anilines is 1. The predicted molar refractivity (Wildman–Crippen MR) is 173 cm³/mol. The molecule has 4 atom stereocenters. The van der Waals surface area contributed by atoms with Crippen LogP contribution in [0.4, 0.5) is 14.5 Å². The first-order valence-corrected chi connectivity index (χ1v) is 16.8. The molecule has 47 heavy (non-hydrogen) atoms. The lowest BCUT2D eigenvalue weighted by Crippen LogP contribution is -2.58. The predicted octanol–water partition coefficient (Wildman–Crippen LogP) is 3.33. The molecule has 1 saturated heterocycles. The Labute approximate surface area is 274 Å². The van der Waals surface area contributed by atoms with Crippen molar-refractivity contribution < 1.29 is 28.0 Å². The standard InChI is InChI=1S/C34H47F2N7O4/c1-5-28(44)39-30(34(47)42-17-16-41(4)20(2)19-42)21(3)24-10-11-26(25(36)18-24)38-33(46)31(29(22-6-7-22)23-8-9-23)40-32(45)27-12-14-37-43(27)15-13-35/h10-12,14,18,20-23,29-31H,5-9,13,15-17,19H2,1-4H3,(H,38,46)(H,39,44)(H,40,45)/t20-,21+,30-,31+/m1/s1. The molecule has 0 radical (unpaired) electrons. The van der Waals surface area contributed by atoms with Gasteiger partial charge >= 0.3 is 0 Å². The van der Waals surface area contributed by atoms with E-state index >= 15 is 4.39 Å². The van der Waals surface area contributed by atoms with Crippen molar-refractivity contribution >= 4 is 29.3 Å². The van der Waals surface area contributed by atoms with Crippen LogP contribution < -0.4 is 16.0 Å². The first-order valence-electron chi connectivity index (χ1n) is 16.8. The Morgan fingerprint density at radius 3 is 2.32 bits per heavy atom. The molecular weight excluding hydrogens is 608 g/mol. The number of carbonyl (C=O) groups is 4. The Kier molecular flexibility index (Phi) is 10.9. The summed E-state index contributed by atoms with van der Waals surface area (Å²) in [5.41, 5.74) is 0.601. The van der Waals surface area contributed by atoms with Gasteiger partial charge in [0.1, 0.15) is 30.3 Å². The molecule has 3 N–H and O–H groups in total. The van der Waals surface area contributed by atoms with Crippen molar-refractivity contribution in [1.82, 2.24) is 30.2 Å². The summed E-state index contributed by atoms with van der Waals surface area (Å²) in [6.07, 6.45) is 5.46. The number of nitrogens with zero attached hydrogens (tertiary/aromatic N) is 4. The van der Waals surface area contributed by atoms with Crippen LogP contribution in [-0.2, 0) is 20.9 Å². The minimum atomic E-state index is -0.911.